The minimum atomic E-state index is -4.42. The van der Waals surface area contributed by atoms with Crippen LogP contribution in [-0.2, 0) is 6.18 Å². The second-order valence-electron chi connectivity index (χ2n) is 4.14. The van der Waals surface area contributed by atoms with Gasteiger partial charge >= 0.3 is 6.18 Å². The van der Waals surface area contributed by atoms with Crippen molar-refractivity contribution in [3.05, 3.63) is 64.2 Å². The third-order valence-electron chi connectivity index (χ3n) is 2.74. The van der Waals surface area contributed by atoms with Crippen molar-refractivity contribution in [1.82, 2.24) is 0 Å². The maximum atomic E-state index is 12.4. The van der Waals surface area contributed by atoms with Gasteiger partial charge in [-0.1, -0.05) is 23.7 Å². The van der Waals surface area contributed by atoms with Gasteiger partial charge in [0.05, 0.1) is 16.3 Å². The first-order chi connectivity index (χ1) is 9.29. The normalized spacial score (nSPS) is 11.4. The Morgan fingerprint density at radius 2 is 1.55 bits per heavy atom. The molecule has 0 atom stereocenters. The molecule has 0 amide bonds. The standard InChI is InChI=1S/C14H9ClF3NO/c15-11-7-9(3-6-12(11)19)13(20)8-1-4-10(5-2-8)14(16,17)18/h1-7H,19H2. The molecule has 0 fully saturated rings. The van der Waals surface area contributed by atoms with Crippen LogP contribution in [0.5, 0.6) is 0 Å². The van der Waals surface area contributed by atoms with E-state index in [0.29, 0.717) is 5.69 Å². The molecule has 0 aliphatic heterocycles. The first-order valence-electron chi connectivity index (χ1n) is 5.56. The highest BCUT2D eigenvalue weighted by molar-refractivity contribution is 6.33. The van der Waals surface area contributed by atoms with E-state index in [1.807, 2.05) is 0 Å². The SMILES string of the molecule is Nc1ccc(C(=O)c2ccc(C(F)(F)F)cc2)cc1Cl. The number of nitrogen functional groups attached to an aromatic ring is 1. The Morgan fingerprint density at radius 1 is 1.00 bits per heavy atom. The van der Waals surface area contributed by atoms with Crippen molar-refractivity contribution in [3.8, 4) is 0 Å². The van der Waals surface area contributed by atoms with E-state index in [0.717, 1.165) is 24.3 Å². The van der Waals surface area contributed by atoms with Crippen molar-refractivity contribution in [1.29, 1.82) is 0 Å². The molecular formula is C14H9ClF3NO. The minimum Gasteiger partial charge on any atom is -0.398 e. The van der Waals surface area contributed by atoms with E-state index < -0.39 is 17.5 Å². The smallest absolute Gasteiger partial charge is 0.398 e. The van der Waals surface area contributed by atoms with Crippen molar-refractivity contribution in [3.63, 3.8) is 0 Å². The molecule has 2 aromatic carbocycles. The number of alkyl halides is 3. The number of carbonyl (C=O) groups excluding carboxylic acids is 1. The number of anilines is 1. The predicted octanol–water partition coefficient (Wildman–Crippen LogP) is 4.17. The molecule has 0 aromatic heterocycles. The molecule has 0 heterocycles. The van der Waals surface area contributed by atoms with E-state index in [4.69, 9.17) is 17.3 Å². The zero-order chi connectivity index (χ0) is 14.9. The fourth-order valence-electron chi connectivity index (χ4n) is 1.65. The summed E-state index contributed by atoms with van der Waals surface area (Å²) in [4.78, 5) is 12.1. The Bertz CT molecular complexity index is 650. The van der Waals surface area contributed by atoms with Crippen molar-refractivity contribution >= 4 is 23.1 Å². The molecule has 2 rings (SSSR count). The third kappa shape index (κ3) is 2.93. The molecule has 2 nitrogen and oxygen atoms in total. The zero-order valence-corrected chi connectivity index (χ0v) is 10.8. The number of ketones is 1. The van der Waals surface area contributed by atoms with Crippen LogP contribution in [0.1, 0.15) is 21.5 Å². The molecule has 20 heavy (non-hydrogen) atoms. The molecule has 0 aliphatic rings. The highest BCUT2D eigenvalue weighted by Crippen LogP contribution is 2.29. The minimum absolute atomic E-state index is 0.152. The van der Waals surface area contributed by atoms with E-state index in [1.165, 1.54) is 18.2 Å². The Morgan fingerprint density at radius 3 is 2.05 bits per heavy atom. The molecule has 0 spiro atoms. The first kappa shape index (κ1) is 14.4. The van der Waals surface area contributed by atoms with Gasteiger partial charge in [-0.2, -0.15) is 13.2 Å². The van der Waals surface area contributed by atoms with E-state index in [9.17, 15) is 18.0 Å². The number of hydrogen-bond acceptors (Lipinski definition) is 2. The summed E-state index contributed by atoms with van der Waals surface area (Å²) in [5.41, 5.74) is 5.47. The number of rotatable bonds is 2. The predicted molar refractivity (Wildman–Crippen MR) is 70.7 cm³/mol. The molecule has 6 heteroatoms. The molecule has 2 N–H and O–H groups in total. The summed E-state index contributed by atoms with van der Waals surface area (Å²) >= 11 is 5.80. The molecule has 0 saturated carbocycles. The molecule has 0 unspecified atom stereocenters. The summed E-state index contributed by atoms with van der Waals surface area (Å²) in [6.07, 6.45) is -4.42. The Hall–Kier alpha value is -2.01. The highest BCUT2D eigenvalue weighted by atomic mass is 35.5. The van der Waals surface area contributed by atoms with Gasteiger partial charge in [-0.25, -0.2) is 0 Å². The van der Waals surface area contributed by atoms with Crippen molar-refractivity contribution < 1.29 is 18.0 Å². The lowest BCUT2D eigenvalue weighted by Gasteiger charge is -2.07. The Labute approximate surface area is 118 Å². The summed E-state index contributed by atoms with van der Waals surface area (Å²) in [6, 6.07) is 8.33. The number of halogens is 4. The zero-order valence-electron chi connectivity index (χ0n) is 10.0. The monoisotopic (exact) mass is 299 g/mol. The van der Waals surface area contributed by atoms with E-state index in [-0.39, 0.29) is 16.1 Å². The second kappa shape index (κ2) is 5.17. The summed E-state index contributed by atoms with van der Waals surface area (Å²) < 4.78 is 37.3. The maximum Gasteiger partial charge on any atom is 0.416 e. The van der Waals surface area contributed by atoms with E-state index in [2.05, 4.69) is 0 Å². The fourth-order valence-corrected chi connectivity index (χ4v) is 1.83. The van der Waals surface area contributed by atoms with Crippen LogP contribution in [0.3, 0.4) is 0 Å². The third-order valence-corrected chi connectivity index (χ3v) is 3.06. The summed E-state index contributed by atoms with van der Waals surface area (Å²) in [5, 5.41) is 0.225. The Balaban J connectivity index is 2.31. The maximum absolute atomic E-state index is 12.4. The lowest BCUT2D eigenvalue weighted by molar-refractivity contribution is -0.137. The molecular weight excluding hydrogens is 291 g/mol. The van der Waals surface area contributed by atoms with Crippen LogP contribution in [0.2, 0.25) is 5.02 Å². The van der Waals surface area contributed by atoms with Gasteiger partial charge in [0.25, 0.3) is 0 Å². The van der Waals surface area contributed by atoms with Crippen LogP contribution >= 0.6 is 11.6 Å². The fraction of sp³-hybridized carbons (Fsp3) is 0.0714. The van der Waals surface area contributed by atoms with Gasteiger partial charge < -0.3 is 5.73 Å². The Kier molecular flexibility index (Phi) is 3.72. The average Bonchev–Trinajstić information content (AvgIpc) is 2.40. The quantitative estimate of drug-likeness (QED) is 0.668. The van der Waals surface area contributed by atoms with Gasteiger partial charge in [-0.05, 0) is 30.3 Å². The van der Waals surface area contributed by atoms with E-state index >= 15 is 0 Å². The molecule has 0 radical (unpaired) electrons. The van der Waals surface area contributed by atoms with Crippen LogP contribution < -0.4 is 5.73 Å². The van der Waals surface area contributed by atoms with Gasteiger partial charge in [0.2, 0.25) is 0 Å². The van der Waals surface area contributed by atoms with Crippen LogP contribution in [0.25, 0.3) is 0 Å². The van der Waals surface area contributed by atoms with Gasteiger partial charge in [-0.15, -0.1) is 0 Å². The number of nitrogens with two attached hydrogens (primary N) is 1. The van der Waals surface area contributed by atoms with E-state index in [1.54, 1.807) is 0 Å². The molecule has 0 saturated heterocycles. The summed E-state index contributed by atoms with van der Waals surface area (Å²) in [7, 11) is 0. The average molecular weight is 300 g/mol. The van der Waals surface area contributed by atoms with Crippen LogP contribution in [0, 0.1) is 0 Å². The molecule has 2 aromatic rings. The van der Waals surface area contributed by atoms with Crippen LogP contribution in [0.15, 0.2) is 42.5 Å². The van der Waals surface area contributed by atoms with Gasteiger partial charge in [0.15, 0.2) is 5.78 Å². The topological polar surface area (TPSA) is 43.1 Å². The molecule has 0 aliphatic carbocycles. The summed E-state index contributed by atoms with van der Waals surface area (Å²) in [6.45, 7) is 0. The van der Waals surface area contributed by atoms with Gasteiger partial charge in [-0.3, -0.25) is 4.79 Å². The largest absolute Gasteiger partial charge is 0.416 e. The number of benzene rings is 2. The highest BCUT2D eigenvalue weighted by Gasteiger charge is 2.30. The van der Waals surface area contributed by atoms with Crippen molar-refractivity contribution in [2.75, 3.05) is 5.73 Å². The van der Waals surface area contributed by atoms with Crippen molar-refractivity contribution in [2.45, 2.75) is 6.18 Å². The van der Waals surface area contributed by atoms with Gasteiger partial charge in [0.1, 0.15) is 0 Å². The number of hydrogen-bond donors (Lipinski definition) is 1. The molecule has 104 valence electrons. The van der Waals surface area contributed by atoms with Crippen LogP contribution in [-0.4, -0.2) is 5.78 Å². The lowest BCUT2D eigenvalue weighted by Crippen LogP contribution is -2.06. The number of carbonyl (C=O) groups is 1. The summed E-state index contributed by atoms with van der Waals surface area (Å²) in [5.74, 6) is -0.416. The van der Waals surface area contributed by atoms with Gasteiger partial charge in [0, 0.05) is 11.1 Å². The van der Waals surface area contributed by atoms with Crippen LogP contribution in [0.4, 0.5) is 18.9 Å². The second-order valence-corrected chi connectivity index (χ2v) is 4.55. The molecule has 0 bridgehead atoms. The first-order valence-corrected chi connectivity index (χ1v) is 5.94. The van der Waals surface area contributed by atoms with Crippen molar-refractivity contribution in [2.24, 2.45) is 0 Å². The lowest BCUT2D eigenvalue weighted by atomic mass is 10.0.